The van der Waals surface area contributed by atoms with E-state index in [4.69, 9.17) is 10.2 Å². The highest BCUT2D eigenvalue weighted by Crippen LogP contribution is 2.19. The van der Waals surface area contributed by atoms with Gasteiger partial charge in [0.05, 0.1) is 12.8 Å². The van der Waals surface area contributed by atoms with Crippen molar-refractivity contribution in [3.05, 3.63) is 24.2 Å². The largest absolute Gasteiger partial charge is 0.459 e. The number of aliphatic imine (C=N–C) groups is 1. The molecule has 0 aliphatic carbocycles. The summed E-state index contributed by atoms with van der Waals surface area (Å²) in [7, 11) is 0. The summed E-state index contributed by atoms with van der Waals surface area (Å²) in [6, 6.07) is 3.30. The van der Waals surface area contributed by atoms with Gasteiger partial charge in [-0.1, -0.05) is 0 Å². The van der Waals surface area contributed by atoms with Crippen LogP contribution in [0.25, 0.3) is 0 Å². The Morgan fingerprint density at radius 3 is 2.96 bits per heavy atom. The summed E-state index contributed by atoms with van der Waals surface area (Å²) in [5, 5.41) is 6.04. The number of nitrogens with two attached hydrogens (primary N) is 1. The van der Waals surface area contributed by atoms with Gasteiger partial charge in [-0.05, 0) is 37.8 Å². The van der Waals surface area contributed by atoms with Gasteiger partial charge in [0.1, 0.15) is 0 Å². The number of furan rings is 1. The number of piperidine rings is 1. The van der Waals surface area contributed by atoms with Gasteiger partial charge in [0, 0.05) is 32.6 Å². The SMILES string of the molecule is CCNC(=NCCNC(=O)c1ccco1)N1CCCC(CC(N)=O)C1. The second-order valence-electron chi connectivity index (χ2n) is 6.09. The molecule has 2 rings (SSSR count). The minimum absolute atomic E-state index is 0.246. The summed E-state index contributed by atoms with van der Waals surface area (Å²) in [6.45, 7) is 5.33. The average molecular weight is 349 g/mol. The molecule has 1 atom stereocenters. The second-order valence-corrected chi connectivity index (χ2v) is 6.09. The van der Waals surface area contributed by atoms with Gasteiger partial charge in [-0.15, -0.1) is 0 Å². The zero-order chi connectivity index (χ0) is 18.1. The lowest BCUT2D eigenvalue weighted by Crippen LogP contribution is -2.47. The summed E-state index contributed by atoms with van der Waals surface area (Å²) in [6.07, 6.45) is 3.90. The third kappa shape index (κ3) is 6.13. The molecule has 2 amide bonds. The van der Waals surface area contributed by atoms with Crippen LogP contribution >= 0.6 is 0 Å². The number of hydrogen-bond donors (Lipinski definition) is 3. The fourth-order valence-electron chi connectivity index (χ4n) is 2.96. The lowest BCUT2D eigenvalue weighted by atomic mass is 9.95. The number of likely N-dealkylation sites (tertiary alicyclic amines) is 1. The van der Waals surface area contributed by atoms with Crippen molar-refractivity contribution in [3.8, 4) is 0 Å². The third-order valence-electron chi connectivity index (χ3n) is 4.05. The molecule has 1 saturated heterocycles. The maximum absolute atomic E-state index is 11.8. The molecule has 2 heterocycles. The number of primary amides is 1. The number of carbonyl (C=O) groups is 2. The van der Waals surface area contributed by atoms with Crippen molar-refractivity contribution in [2.75, 3.05) is 32.7 Å². The number of rotatable bonds is 7. The van der Waals surface area contributed by atoms with Crippen LogP contribution in [0.3, 0.4) is 0 Å². The van der Waals surface area contributed by atoms with E-state index in [2.05, 4.69) is 20.5 Å². The molecule has 138 valence electrons. The predicted octanol–water partition coefficient (Wildman–Crippen LogP) is 0.562. The van der Waals surface area contributed by atoms with Gasteiger partial charge in [0.2, 0.25) is 5.91 Å². The van der Waals surface area contributed by atoms with Crippen LogP contribution in [0.1, 0.15) is 36.7 Å². The summed E-state index contributed by atoms with van der Waals surface area (Å²) in [5.74, 6) is 0.873. The van der Waals surface area contributed by atoms with Crippen molar-refractivity contribution in [2.45, 2.75) is 26.2 Å². The lowest BCUT2D eigenvalue weighted by Gasteiger charge is -2.34. The van der Waals surface area contributed by atoms with Crippen LogP contribution in [-0.4, -0.2) is 55.4 Å². The molecule has 0 saturated carbocycles. The number of hydrogen-bond acceptors (Lipinski definition) is 4. The Labute approximate surface area is 147 Å². The average Bonchev–Trinajstić information content (AvgIpc) is 3.12. The Morgan fingerprint density at radius 2 is 2.28 bits per heavy atom. The Hall–Kier alpha value is -2.51. The van der Waals surface area contributed by atoms with Gasteiger partial charge >= 0.3 is 0 Å². The van der Waals surface area contributed by atoms with Gasteiger partial charge in [0.15, 0.2) is 11.7 Å². The molecule has 1 aromatic heterocycles. The van der Waals surface area contributed by atoms with Crippen LogP contribution in [0.2, 0.25) is 0 Å². The molecular formula is C17H27N5O3. The number of nitrogens with one attached hydrogen (secondary N) is 2. The van der Waals surface area contributed by atoms with Crippen LogP contribution < -0.4 is 16.4 Å². The van der Waals surface area contributed by atoms with Crippen LogP contribution in [-0.2, 0) is 4.79 Å². The summed E-state index contributed by atoms with van der Waals surface area (Å²) in [5.41, 5.74) is 5.32. The van der Waals surface area contributed by atoms with Crippen LogP contribution in [0.4, 0.5) is 0 Å². The van der Waals surface area contributed by atoms with E-state index < -0.39 is 0 Å². The molecule has 1 fully saturated rings. The maximum Gasteiger partial charge on any atom is 0.287 e. The molecule has 1 unspecified atom stereocenters. The first-order chi connectivity index (χ1) is 12.1. The van der Waals surface area contributed by atoms with Gasteiger partial charge < -0.3 is 25.7 Å². The van der Waals surface area contributed by atoms with Crippen molar-refractivity contribution < 1.29 is 14.0 Å². The lowest BCUT2D eigenvalue weighted by molar-refractivity contribution is -0.119. The fourth-order valence-corrected chi connectivity index (χ4v) is 2.96. The highest BCUT2D eigenvalue weighted by molar-refractivity contribution is 5.91. The van der Waals surface area contributed by atoms with Crippen molar-refractivity contribution in [1.29, 1.82) is 0 Å². The number of carbonyl (C=O) groups excluding carboxylic acids is 2. The zero-order valence-corrected chi connectivity index (χ0v) is 14.7. The van der Waals surface area contributed by atoms with E-state index in [1.807, 2.05) is 6.92 Å². The van der Waals surface area contributed by atoms with Crippen molar-refractivity contribution in [2.24, 2.45) is 16.6 Å². The van der Waals surface area contributed by atoms with E-state index in [0.717, 1.165) is 38.4 Å². The summed E-state index contributed by atoms with van der Waals surface area (Å²) in [4.78, 5) is 29.7. The minimum atomic E-state index is -0.255. The molecule has 25 heavy (non-hydrogen) atoms. The van der Waals surface area contributed by atoms with Crippen molar-refractivity contribution in [1.82, 2.24) is 15.5 Å². The number of amides is 2. The van der Waals surface area contributed by atoms with Gasteiger partial charge in [-0.2, -0.15) is 0 Å². The molecule has 0 spiro atoms. The third-order valence-corrected chi connectivity index (χ3v) is 4.05. The summed E-state index contributed by atoms with van der Waals surface area (Å²) >= 11 is 0. The van der Waals surface area contributed by atoms with Crippen LogP contribution in [0.15, 0.2) is 27.8 Å². The zero-order valence-electron chi connectivity index (χ0n) is 14.7. The van der Waals surface area contributed by atoms with E-state index in [9.17, 15) is 9.59 Å². The fraction of sp³-hybridized carbons (Fsp3) is 0.588. The van der Waals surface area contributed by atoms with E-state index in [1.54, 1.807) is 12.1 Å². The number of guanidine groups is 1. The molecule has 4 N–H and O–H groups in total. The molecule has 0 radical (unpaired) electrons. The van der Waals surface area contributed by atoms with Crippen LogP contribution in [0.5, 0.6) is 0 Å². The van der Waals surface area contributed by atoms with E-state index in [0.29, 0.717) is 25.3 Å². The Morgan fingerprint density at radius 1 is 1.44 bits per heavy atom. The first kappa shape index (κ1) is 18.8. The highest BCUT2D eigenvalue weighted by Gasteiger charge is 2.23. The van der Waals surface area contributed by atoms with Gasteiger partial charge in [-0.25, -0.2) is 0 Å². The smallest absolute Gasteiger partial charge is 0.287 e. The van der Waals surface area contributed by atoms with Gasteiger partial charge in [0.25, 0.3) is 5.91 Å². The molecule has 0 bridgehead atoms. The number of nitrogens with zero attached hydrogens (tertiary/aromatic N) is 2. The van der Waals surface area contributed by atoms with E-state index in [1.165, 1.54) is 6.26 Å². The second kappa shape index (κ2) is 9.71. The topological polar surface area (TPSA) is 113 Å². The van der Waals surface area contributed by atoms with Crippen molar-refractivity contribution in [3.63, 3.8) is 0 Å². The molecule has 8 nitrogen and oxygen atoms in total. The minimum Gasteiger partial charge on any atom is -0.459 e. The molecule has 8 heteroatoms. The summed E-state index contributed by atoms with van der Waals surface area (Å²) < 4.78 is 5.04. The van der Waals surface area contributed by atoms with E-state index >= 15 is 0 Å². The monoisotopic (exact) mass is 349 g/mol. The Bertz CT molecular complexity index is 585. The first-order valence-corrected chi connectivity index (χ1v) is 8.73. The molecular weight excluding hydrogens is 322 g/mol. The predicted molar refractivity (Wildman–Crippen MR) is 95.1 cm³/mol. The maximum atomic E-state index is 11.8. The molecule has 1 aliphatic rings. The Balaban J connectivity index is 1.84. The van der Waals surface area contributed by atoms with E-state index in [-0.39, 0.29) is 17.7 Å². The van der Waals surface area contributed by atoms with Crippen molar-refractivity contribution >= 4 is 17.8 Å². The normalized spacial score (nSPS) is 18.0. The first-order valence-electron chi connectivity index (χ1n) is 8.73. The molecule has 1 aliphatic heterocycles. The molecule has 0 aromatic carbocycles. The Kier molecular flexibility index (Phi) is 7.31. The highest BCUT2D eigenvalue weighted by atomic mass is 16.3. The quantitative estimate of drug-likeness (QED) is 0.378. The standard InChI is InChI=1S/C17H27N5O3/c1-2-19-17(22-9-3-5-13(12-22)11-15(18)23)21-8-7-20-16(24)14-6-4-10-25-14/h4,6,10,13H,2-3,5,7-9,11-12H2,1H3,(H2,18,23)(H,19,21)(H,20,24). The van der Waals surface area contributed by atoms with Crippen LogP contribution in [0, 0.1) is 5.92 Å². The van der Waals surface area contributed by atoms with Gasteiger partial charge in [-0.3, -0.25) is 14.6 Å². The molecule has 1 aromatic rings.